The second-order valence-corrected chi connectivity index (χ2v) is 6.38. The number of hydrogen-bond donors (Lipinski definition) is 0. The molecule has 1 aromatic heterocycles. The minimum atomic E-state index is -0.0607. The Labute approximate surface area is 149 Å². The van der Waals surface area contributed by atoms with Gasteiger partial charge >= 0.3 is 0 Å². The van der Waals surface area contributed by atoms with E-state index < -0.39 is 0 Å². The van der Waals surface area contributed by atoms with Gasteiger partial charge in [-0.25, -0.2) is 4.98 Å². The Morgan fingerprint density at radius 1 is 1.04 bits per heavy atom. The predicted octanol–water partition coefficient (Wildman–Crippen LogP) is 3.96. The molecule has 0 unspecified atom stereocenters. The van der Waals surface area contributed by atoms with Crippen molar-refractivity contribution in [1.82, 2.24) is 4.98 Å². The van der Waals surface area contributed by atoms with Crippen LogP contribution in [0.3, 0.4) is 0 Å². The number of thiazole rings is 1. The monoisotopic (exact) mass is 349 g/mol. The summed E-state index contributed by atoms with van der Waals surface area (Å²) < 4.78 is 5.17. The van der Waals surface area contributed by atoms with E-state index in [1.807, 2.05) is 60.0 Å². The first kappa shape index (κ1) is 15.5. The Balaban J connectivity index is 1.61. The molecule has 25 heavy (non-hydrogen) atoms. The van der Waals surface area contributed by atoms with Crippen molar-refractivity contribution in [2.24, 2.45) is 5.10 Å². The number of aromatic nitrogens is 1. The van der Waals surface area contributed by atoms with E-state index in [0.29, 0.717) is 11.6 Å². The Morgan fingerprint density at radius 3 is 2.52 bits per heavy atom. The number of hydrazone groups is 1. The summed E-state index contributed by atoms with van der Waals surface area (Å²) in [4.78, 5) is 16.9. The molecule has 0 spiro atoms. The molecule has 1 amide bonds. The highest BCUT2D eigenvalue weighted by molar-refractivity contribution is 7.14. The van der Waals surface area contributed by atoms with Gasteiger partial charge in [0.05, 0.1) is 24.9 Å². The SMILES string of the molecule is COc1ccc(-c2csc(N3N=C(c4ccccc4)CC3=O)n2)cc1. The van der Waals surface area contributed by atoms with Gasteiger partial charge in [-0.15, -0.1) is 11.3 Å². The maximum atomic E-state index is 12.3. The normalized spacial score (nSPS) is 13.9. The molecule has 0 radical (unpaired) electrons. The Hall–Kier alpha value is -2.99. The number of methoxy groups -OCH3 is 1. The zero-order chi connectivity index (χ0) is 17.2. The predicted molar refractivity (Wildman–Crippen MR) is 99.2 cm³/mol. The van der Waals surface area contributed by atoms with Crippen molar-refractivity contribution in [3.63, 3.8) is 0 Å². The highest BCUT2D eigenvalue weighted by atomic mass is 32.1. The molecule has 0 fully saturated rings. The number of carbonyl (C=O) groups excluding carboxylic acids is 1. The lowest BCUT2D eigenvalue weighted by Crippen LogP contribution is -2.19. The summed E-state index contributed by atoms with van der Waals surface area (Å²) in [6, 6.07) is 17.4. The second-order valence-electron chi connectivity index (χ2n) is 5.54. The molecule has 124 valence electrons. The number of benzene rings is 2. The van der Waals surface area contributed by atoms with Gasteiger partial charge in [0.25, 0.3) is 5.91 Å². The second kappa shape index (κ2) is 6.49. The highest BCUT2D eigenvalue weighted by Crippen LogP contribution is 2.31. The van der Waals surface area contributed by atoms with E-state index in [-0.39, 0.29) is 5.91 Å². The van der Waals surface area contributed by atoms with E-state index in [9.17, 15) is 4.79 Å². The number of rotatable bonds is 4. The van der Waals surface area contributed by atoms with Gasteiger partial charge in [0.1, 0.15) is 5.75 Å². The molecule has 2 aromatic carbocycles. The van der Waals surface area contributed by atoms with Crippen LogP contribution in [-0.4, -0.2) is 23.7 Å². The quantitative estimate of drug-likeness (QED) is 0.716. The summed E-state index contributed by atoms with van der Waals surface area (Å²) >= 11 is 1.41. The van der Waals surface area contributed by atoms with E-state index in [1.165, 1.54) is 16.3 Å². The fourth-order valence-electron chi connectivity index (χ4n) is 2.63. The lowest BCUT2D eigenvalue weighted by Gasteiger charge is -2.06. The third kappa shape index (κ3) is 3.04. The first-order valence-electron chi connectivity index (χ1n) is 7.80. The fraction of sp³-hybridized carbons (Fsp3) is 0.105. The van der Waals surface area contributed by atoms with Gasteiger partial charge in [0.2, 0.25) is 5.13 Å². The summed E-state index contributed by atoms with van der Waals surface area (Å²) in [5.74, 6) is 0.737. The average molecular weight is 349 g/mol. The van der Waals surface area contributed by atoms with Crippen LogP contribution in [0.15, 0.2) is 65.1 Å². The molecule has 0 saturated heterocycles. The largest absolute Gasteiger partial charge is 0.497 e. The Morgan fingerprint density at radius 2 is 1.80 bits per heavy atom. The number of hydrogen-bond acceptors (Lipinski definition) is 5. The molecule has 0 saturated carbocycles. The number of ether oxygens (including phenoxy) is 1. The first-order valence-corrected chi connectivity index (χ1v) is 8.68. The van der Waals surface area contributed by atoms with Crippen molar-refractivity contribution < 1.29 is 9.53 Å². The number of nitrogens with zero attached hydrogens (tertiary/aromatic N) is 3. The summed E-state index contributed by atoms with van der Waals surface area (Å²) in [5, 5.41) is 8.39. The molecule has 0 aliphatic carbocycles. The van der Waals surface area contributed by atoms with Gasteiger partial charge in [-0.1, -0.05) is 30.3 Å². The van der Waals surface area contributed by atoms with Crippen LogP contribution in [0.2, 0.25) is 0 Å². The number of carbonyl (C=O) groups is 1. The summed E-state index contributed by atoms with van der Waals surface area (Å²) in [6.45, 7) is 0. The highest BCUT2D eigenvalue weighted by Gasteiger charge is 2.28. The molecule has 2 heterocycles. The van der Waals surface area contributed by atoms with Crippen molar-refractivity contribution in [1.29, 1.82) is 0 Å². The molecule has 3 aromatic rings. The third-order valence-electron chi connectivity index (χ3n) is 3.94. The van der Waals surface area contributed by atoms with Crippen LogP contribution < -0.4 is 9.75 Å². The van der Waals surface area contributed by atoms with Crippen LogP contribution in [0.5, 0.6) is 5.75 Å². The Bertz CT molecular complexity index is 933. The molecule has 6 heteroatoms. The van der Waals surface area contributed by atoms with Gasteiger partial charge in [-0.3, -0.25) is 4.79 Å². The van der Waals surface area contributed by atoms with Crippen LogP contribution in [0, 0.1) is 0 Å². The first-order chi connectivity index (χ1) is 12.2. The topological polar surface area (TPSA) is 54.8 Å². The molecular weight excluding hydrogens is 334 g/mol. The van der Waals surface area contributed by atoms with Crippen molar-refractivity contribution in [3.05, 3.63) is 65.5 Å². The van der Waals surface area contributed by atoms with Gasteiger partial charge in [0.15, 0.2) is 0 Å². The standard InChI is InChI=1S/C19H15N3O2S/c1-24-15-9-7-14(8-10-15)17-12-25-19(20-17)22-18(23)11-16(21-22)13-5-3-2-4-6-13/h2-10,12H,11H2,1H3. The van der Waals surface area contributed by atoms with Gasteiger partial charge in [-0.05, 0) is 29.8 Å². The fourth-order valence-corrected chi connectivity index (χ4v) is 3.43. The maximum Gasteiger partial charge on any atom is 0.255 e. The molecule has 1 aliphatic heterocycles. The minimum absolute atomic E-state index is 0.0607. The van der Waals surface area contributed by atoms with Crippen LogP contribution in [0.1, 0.15) is 12.0 Å². The van der Waals surface area contributed by atoms with Crippen LogP contribution in [0.25, 0.3) is 11.3 Å². The molecule has 0 bridgehead atoms. The summed E-state index contributed by atoms with van der Waals surface area (Å²) in [6.07, 6.45) is 0.293. The van der Waals surface area contributed by atoms with Crippen molar-refractivity contribution in [2.45, 2.75) is 6.42 Å². The van der Waals surface area contributed by atoms with Crippen molar-refractivity contribution in [3.8, 4) is 17.0 Å². The number of amides is 1. The van der Waals surface area contributed by atoms with Crippen LogP contribution >= 0.6 is 11.3 Å². The van der Waals surface area contributed by atoms with Crippen LogP contribution in [-0.2, 0) is 4.79 Å². The summed E-state index contributed by atoms with van der Waals surface area (Å²) in [5.41, 5.74) is 3.53. The van der Waals surface area contributed by atoms with E-state index in [1.54, 1.807) is 7.11 Å². The molecule has 0 N–H and O–H groups in total. The summed E-state index contributed by atoms with van der Waals surface area (Å²) in [7, 11) is 1.64. The van der Waals surface area contributed by atoms with E-state index in [0.717, 1.165) is 28.3 Å². The third-order valence-corrected chi connectivity index (χ3v) is 4.76. The molecule has 1 aliphatic rings. The lowest BCUT2D eigenvalue weighted by atomic mass is 10.1. The zero-order valence-corrected chi connectivity index (χ0v) is 14.4. The zero-order valence-electron chi connectivity index (χ0n) is 13.5. The Kier molecular flexibility index (Phi) is 4.03. The van der Waals surface area contributed by atoms with E-state index >= 15 is 0 Å². The molecule has 0 atom stereocenters. The van der Waals surface area contributed by atoms with E-state index in [4.69, 9.17) is 4.74 Å². The average Bonchev–Trinajstić information content (AvgIpc) is 3.29. The molecule has 5 nitrogen and oxygen atoms in total. The van der Waals surface area contributed by atoms with Gasteiger partial charge in [-0.2, -0.15) is 10.1 Å². The van der Waals surface area contributed by atoms with Crippen molar-refractivity contribution in [2.75, 3.05) is 12.1 Å². The smallest absolute Gasteiger partial charge is 0.255 e. The van der Waals surface area contributed by atoms with Gasteiger partial charge < -0.3 is 4.74 Å². The molecule has 4 rings (SSSR count). The maximum absolute atomic E-state index is 12.3. The lowest BCUT2D eigenvalue weighted by molar-refractivity contribution is -0.116. The van der Waals surface area contributed by atoms with Crippen molar-refractivity contribution >= 4 is 28.1 Å². The van der Waals surface area contributed by atoms with Crippen LogP contribution in [0.4, 0.5) is 5.13 Å². The minimum Gasteiger partial charge on any atom is -0.497 e. The van der Waals surface area contributed by atoms with Gasteiger partial charge in [0, 0.05) is 10.9 Å². The molecular formula is C19H15N3O2S. The van der Waals surface area contributed by atoms with E-state index in [2.05, 4.69) is 10.1 Å². The number of anilines is 1.